The van der Waals surface area contributed by atoms with Gasteiger partial charge in [0.2, 0.25) is 0 Å². The molecule has 3 nitrogen and oxygen atoms in total. The van der Waals surface area contributed by atoms with Gasteiger partial charge in [-0.25, -0.2) is 4.39 Å². The highest BCUT2D eigenvalue weighted by Crippen LogP contribution is 2.19. The van der Waals surface area contributed by atoms with Crippen molar-refractivity contribution in [3.63, 3.8) is 0 Å². The van der Waals surface area contributed by atoms with Gasteiger partial charge in [0.25, 0.3) is 0 Å². The Morgan fingerprint density at radius 2 is 2.06 bits per heavy atom. The van der Waals surface area contributed by atoms with Crippen LogP contribution in [0.5, 0.6) is 5.75 Å². The monoisotopic (exact) mass is 224 g/mol. The average molecular weight is 224 g/mol. The molecule has 0 radical (unpaired) electrons. The van der Waals surface area contributed by atoms with Crippen LogP contribution in [0.4, 0.5) is 4.39 Å². The van der Waals surface area contributed by atoms with E-state index in [0.717, 1.165) is 38.0 Å². The molecule has 0 aliphatic carbocycles. The van der Waals surface area contributed by atoms with Gasteiger partial charge in [-0.3, -0.25) is 4.90 Å². The lowest BCUT2D eigenvalue weighted by molar-refractivity contribution is 0.205. The molecule has 1 fully saturated rings. The SMILES string of the molecule is NC1CCN(Cc2ccc(F)c(O)c2)CC1. The summed E-state index contributed by atoms with van der Waals surface area (Å²) in [7, 11) is 0. The van der Waals surface area contributed by atoms with Crippen LogP contribution in [0, 0.1) is 5.82 Å². The maximum Gasteiger partial charge on any atom is 0.164 e. The minimum Gasteiger partial charge on any atom is -0.505 e. The molecule has 1 heterocycles. The summed E-state index contributed by atoms with van der Waals surface area (Å²) in [5.41, 5.74) is 6.76. The Morgan fingerprint density at radius 1 is 1.38 bits per heavy atom. The largest absolute Gasteiger partial charge is 0.505 e. The van der Waals surface area contributed by atoms with Gasteiger partial charge in [0.15, 0.2) is 11.6 Å². The summed E-state index contributed by atoms with van der Waals surface area (Å²) >= 11 is 0. The van der Waals surface area contributed by atoms with Gasteiger partial charge in [0.05, 0.1) is 0 Å². The van der Waals surface area contributed by atoms with Gasteiger partial charge in [-0.2, -0.15) is 0 Å². The van der Waals surface area contributed by atoms with Crippen molar-refractivity contribution < 1.29 is 9.50 Å². The highest BCUT2D eigenvalue weighted by Gasteiger charge is 2.16. The van der Waals surface area contributed by atoms with Crippen molar-refractivity contribution in [1.82, 2.24) is 4.90 Å². The number of piperidine rings is 1. The number of hydrogen-bond acceptors (Lipinski definition) is 3. The van der Waals surface area contributed by atoms with Gasteiger partial charge in [-0.1, -0.05) is 6.07 Å². The summed E-state index contributed by atoms with van der Waals surface area (Å²) in [5, 5.41) is 9.26. The maximum absolute atomic E-state index is 12.8. The van der Waals surface area contributed by atoms with E-state index in [1.165, 1.54) is 12.1 Å². The molecule has 2 rings (SSSR count). The van der Waals surface area contributed by atoms with Crippen LogP contribution in [0.2, 0.25) is 0 Å². The molecule has 1 aliphatic heterocycles. The van der Waals surface area contributed by atoms with E-state index in [1.54, 1.807) is 6.07 Å². The third kappa shape index (κ3) is 2.71. The predicted octanol–water partition coefficient (Wildman–Crippen LogP) is 1.45. The minimum atomic E-state index is -0.565. The van der Waals surface area contributed by atoms with Crippen molar-refractivity contribution in [2.75, 3.05) is 13.1 Å². The average Bonchev–Trinajstić information content (AvgIpc) is 2.27. The summed E-state index contributed by atoms with van der Waals surface area (Å²) in [6.07, 6.45) is 2.01. The van der Waals surface area contributed by atoms with Crippen LogP contribution in [0.3, 0.4) is 0 Å². The van der Waals surface area contributed by atoms with Crippen LogP contribution in [0.25, 0.3) is 0 Å². The summed E-state index contributed by atoms with van der Waals surface area (Å²) in [5.74, 6) is -0.837. The van der Waals surface area contributed by atoms with Crippen LogP contribution in [-0.4, -0.2) is 29.1 Å². The lowest BCUT2D eigenvalue weighted by Gasteiger charge is -2.30. The van der Waals surface area contributed by atoms with Crippen molar-refractivity contribution in [3.05, 3.63) is 29.6 Å². The first-order chi connectivity index (χ1) is 7.65. The number of halogens is 1. The zero-order valence-corrected chi connectivity index (χ0v) is 9.19. The van der Waals surface area contributed by atoms with E-state index in [0.29, 0.717) is 6.04 Å². The third-order valence-electron chi connectivity index (χ3n) is 3.05. The first-order valence-corrected chi connectivity index (χ1v) is 5.60. The molecule has 0 bridgehead atoms. The van der Waals surface area contributed by atoms with E-state index in [-0.39, 0.29) is 5.75 Å². The quantitative estimate of drug-likeness (QED) is 0.799. The van der Waals surface area contributed by atoms with Crippen molar-refractivity contribution in [2.24, 2.45) is 5.73 Å². The summed E-state index contributed by atoms with van der Waals surface area (Å²) in [4.78, 5) is 2.27. The molecule has 0 amide bonds. The number of nitrogens with two attached hydrogens (primary N) is 1. The Kier molecular flexibility index (Phi) is 3.41. The van der Waals surface area contributed by atoms with Crippen molar-refractivity contribution >= 4 is 0 Å². The lowest BCUT2D eigenvalue weighted by Crippen LogP contribution is -2.39. The van der Waals surface area contributed by atoms with E-state index in [4.69, 9.17) is 5.73 Å². The van der Waals surface area contributed by atoms with Crippen LogP contribution >= 0.6 is 0 Å². The standard InChI is InChI=1S/C12H17FN2O/c13-11-2-1-9(7-12(11)16)8-15-5-3-10(14)4-6-15/h1-2,7,10,16H,3-6,8,14H2. The second-order valence-electron chi connectivity index (χ2n) is 4.40. The number of phenolic OH excluding ortho intramolecular Hbond substituents is 1. The Balaban J connectivity index is 1.96. The normalized spacial score (nSPS) is 18.9. The number of hydrogen-bond donors (Lipinski definition) is 2. The van der Waals surface area contributed by atoms with Crippen LogP contribution in [0.15, 0.2) is 18.2 Å². The van der Waals surface area contributed by atoms with E-state index in [1.807, 2.05) is 0 Å². The zero-order valence-electron chi connectivity index (χ0n) is 9.19. The summed E-state index contributed by atoms with van der Waals surface area (Å²) < 4.78 is 12.8. The molecule has 16 heavy (non-hydrogen) atoms. The lowest BCUT2D eigenvalue weighted by atomic mass is 10.1. The number of rotatable bonds is 2. The molecule has 3 N–H and O–H groups in total. The molecule has 4 heteroatoms. The van der Waals surface area contributed by atoms with Gasteiger partial charge >= 0.3 is 0 Å². The molecular weight excluding hydrogens is 207 g/mol. The fraction of sp³-hybridized carbons (Fsp3) is 0.500. The zero-order chi connectivity index (χ0) is 11.5. The van der Waals surface area contributed by atoms with Gasteiger partial charge in [-0.15, -0.1) is 0 Å². The Labute approximate surface area is 94.7 Å². The molecule has 0 unspecified atom stereocenters. The Bertz CT molecular complexity index is 362. The molecule has 0 aromatic heterocycles. The first-order valence-electron chi connectivity index (χ1n) is 5.60. The van der Waals surface area contributed by atoms with Crippen LogP contribution < -0.4 is 5.73 Å². The van der Waals surface area contributed by atoms with Crippen LogP contribution in [0.1, 0.15) is 18.4 Å². The summed E-state index contributed by atoms with van der Waals surface area (Å²) in [6.45, 7) is 2.69. The van der Waals surface area contributed by atoms with E-state index in [2.05, 4.69) is 4.90 Å². The van der Waals surface area contributed by atoms with Gasteiger partial charge < -0.3 is 10.8 Å². The molecule has 1 aromatic carbocycles. The van der Waals surface area contributed by atoms with Gasteiger partial charge in [0, 0.05) is 12.6 Å². The van der Waals surface area contributed by atoms with Gasteiger partial charge in [-0.05, 0) is 43.6 Å². The highest BCUT2D eigenvalue weighted by atomic mass is 19.1. The Morgan fingerprint density at radius 3 is 2.69 bits per heavy atom. The van der Waals surface area contributed by atoms with Crippen LogP contribution in [-0.2, 0) is 6.54 Å². The minimum absolute atomic E-state index is 0.272. The number of aromatic hydroxyl groups is 1. The molecular formula is C12H17FN2O. The molecule has 0 saturated carbocycles. The van der Waals surface area contributed by atoms with Crippen molar-refractivity contribution in [1.29, 1.82) is 0 Å². The first kappa shape index (κ1) is 11.4. The van der Waals surface area contributed by atoms with E-state index in [9.17, 15) is 9.50 Å². The molecule has 0 atom stereocenters. The second kappa shape index (κ2) is 4.80. The van der Waals surface area contributed by atoms with Crippen molar-refractivity contribution in [3.8, 4) is 5.75 Å². The Hall–Kier alpha value is -1.13. The smallest absolute Gasteiger partial charge is 0.164 e. The predicted molar refractivity (Wildman–Crippen MR) is 60.6 cm³/mol. The number of benzene rings is 1. The highest BCUT2D eigenvalue weighted by molar-refractivity contribution is 5.28. The number of nitrogens with zero attached hydrogens (tertiary/aromatic N) is 1. The number of likely N-dealkylation sites (tertiary alicyclic amines) is 1. The third-order valence-corrected chi connectivity index (χ3v) is 3.05. The van der Waals surface area contributed by atoms with E-state index < -0.39 is 5.82 Å². The fourth-order valence-electron chi connectivity index (χ4n) is 2.03. The topological polar surface area (TPSA) is 49.5 Å². The van der Waals surface area contributed by atoms with Gasteiger partial charge in [0.1, 0.15) is 0 Å². The number of phenols is 1. The maximum atomic E-state index is 12.8. The second-order valence-corrected chi connectivity index (χ2v) is 4.40. The molecule has 1 aromatic rings. The molecule has 1 saturated heterocycles. The van der Waals surface area contributed by atoms with Crippen molar-refractivity contribution in [2.45, 2.75) is 25.4 Å². The molecule has 1 aliphatic rings. The molecule has 88 valence electrons. The van der Waals surface area contributed by atoms with E-state index >= 15 is 0 Å². The summed E-state index contributed by atoms with van der Waals surface area (Å²) in [6, 6.07) is 4.83. The fourth-order valence-corrected chi connectivity index (χ4v) is 2.03. The molecule has 0 spiro atoms.